The number of nitrogens with zero attached hydrogens (tertiary/aromatic N) is 4. The average molecular weight is 373 g/mol. The highest BCUT2D eigenvalue weighted by Crippen LogP contribution is 2.27. The lowest BCUT2D eigenvalue weighted by atomic mass is 9.96. The number of amides is 1. The van der Waals surface area contributed by atoms with E-state index in [1.807, 2.05) is 31.5 Å². The molecule has 7 nitrogen and oxygen atoms in total. The number of aromatic amines is 1. The van der Waals surface area contributed by atoms with E-state index in [0.29, 0.717) is 6.04 Å². The molecule has 0 unspecified atom stereocenters. The summed E-state index contributed by atoms with van der Waals surface area (Å²) in [5.74, 6) is 1.87. The smallest absolute Gasteiger partial charge is 0.230 e. The van der Waals surface area contributed by atoms with Gasteiger partial charge in [-0.3, -0.25) is 9.69 Å². The summed E-state index contributed by atoms with van der Waals surface area (Å²) < 4.78 is 1.98. The summed E-state index contributed by atoms with van der Waals surface area (Å²) in [6.07, 6.45) is 4.74. The van der Waals surface area contributed by atoms with Crippen LogP contribution in [0, 0.1) is 12.3 Å². The number of H-pyrrole nitrogens is 1. The van der Waals surface area contributed by atoms with Crippen LogP contribution in [0.25, 0.3) is 0 Å². The van der Waals surface area contributed by atoms with Crippen LogP contribution in [0.2, 0.25) is 0 Å². The maximum atomic E-state index is 12.3. The van der Waals surface area contributed by atoms with Crippen molar-refractivity contribution in [3.05, 3.63) is 29.5 Å². The number of nitrogens with one attached hydrogen (secondary N) is 2. The number of hydrogen-bond donors (Lipinski definition) is 2. The van der Waals surface area contributed by atoms with Crippen LogP contribution in [0.1, 0.15) is 63.8 Å². The fraction of sp³-hybridized carbons (Fsp3) is 0.650. The van der Waals surface area contributed by atoms with Crippen LogP contribution in [0.3, 0.4) is 0 Å². The number of carbonyl (C=O) groups excluding carboxylic acids is 1. The largest absolute Gasteiger partial charge is 0.346 e. The van der Waals surface area contributed by atoms with Gasteiger partial charge in [0.1, 0.15) is 11.6 Å². The molecule has 1 aliphatic rings. The Kier molecular flexibility index (Phi) is 5.69. The molecule has 1 aliphatic heterocycles. The molecule has 0 saturated carbocycles. The number of piperidine rings is 1. The first-order valence-corrected chi connectivity index (χ1v) is 9.89. The van der Waals surface area contributed by atoms with E-state index in [4.69, 9.17) is 4.98 Å². The summed E-state index contributed by atoms with van der Waals surface area (Å²) in [5, 5.41) is 7.51. The molecule has 0 atom stereocenters. The van der Waals surface area contributed by atoms with Gasteiger partial charge in [-0.15, -0.1) is 0 Å². The van der Waals surface area contributed by atoms with Gasteiger partial charge in [0, 0.05) is 43.2 Å². The van der Waals surface area contributed by atoms with Gasteiger partial charge in [-0.1, -0.05) is 27.7 Å². The Morgan fingerprint density at radius 2 is 2.04 bits per heavy atom. The molecule has 0 radical (unpaired) electrons. The van der Waals surface area contributed by atoms with Crippen LogP contribution < -0.4 is 5.32 Å². The minimum absolute atomic E-state index is 0.0161. The Bertz CT molecular complexity index is 777. The van der Waals surface area contributed by atoms with E-state index in [1.165, 1.54) is 5.69 Å². The predicted molar refractivity (Wildman–Crippen MR) is 107 cm³/mol. The number of anilines is 1. The molecule has 3 heterocycles. The molecule has 0 spiro atoms. The molecule has 2 N–H and O–H groups in total. The molecule has 148 valence electrons. The molecule has 0 bridgehead atoms. The van der Waals surface area contributed by atoms with Crippen LogP contribution >= 0.6 is 0 Å². The Hall–Kier alpha value is -2.15. The minimum atomic E-state index is -0.419. The molecular formula is C20H32N6O. The zero-order chi connectivity index (χ0) is 19.6. The zero-order valence-corrected chi connectivity index (χ0v) is 17.2. The standard InChI is InChI=1S/C20H32N6O/c1-6-17-22-14(2)16(23-17)13-25-11-8-15(9-12-25)26-18(7-10-21-26)24-19(27)20(3,4)5/h7,10,15H,6,8-9,11-13H2,1-5H3,(H,22,23)(H,24,27). The Morgan fingerprint density at radius 1 is 1.33 bits per heavy atom. The first-order valence-electron chi connectivity index (χ1n) is 9.89. The summed E-state index contributed by atoms with van der Waals surface area (Å²) in [4.78, 5) is 22.8. The Labute approximate surface area is 161 Å². The Balaban J connectivity index is 1.59. The number of likely N-dealkylation sites (tertiary alicyclic amines) is 1. The monoisotopic (exact) mass is 372 g/mol. The average Bonchev–Trinajstić information content (AvgIpc) is 3.21. The van der Waals surface area contributed by atoms with Crippen LogP contribution in [-0.2, 0) is 17.8 Å². The molecular weight excluding hydrogens is 340 g/mol. The van der Waals surface area contributed by atoms with Crippen molar-refractivity contribution in [2.45, 2.75) is 66.5 Å². The molecule has 0 aromatic carbocycles. The molecule has 3 rings (SSSR count). The van der Waals surface area contributed by atoms with Crippen molar-refractivity contribution < 1.29 is 4.79 Å². The van der Waals surface area contributed by atoms with Gasteiger partial charge in [0.25, 0.3) is 0 Å². The summed E-state index contributed by atoms with van der Waals surface area (Å²) in [7, 11) is 0. The first kappa shape index (κ1) is 19.6. The third-order valence-electron chi connectivity index (χ3n) is 5.24. The van der Waals surface area contributed by atoms with Crippen molar-refractivity contribution in [3.63, 3.8) is 0 Å². The van der Waals surface area contributed by atoms with Crippen molar-refractivity contribution in [1.29, 1.82) is 0 Å². The molecule has 1 amide bonds. The van der Waals surface area contributed by atoms with E-state index in [-0.39, 0.29) is 5.91 Å². The van der Waals surface area contributed by atoms with Gasteiger partial charge in [-0.2, -0.15) is 5.10 Å². The summed E-state index contributed by atoms with van der Waals surface area (Å²) >= 11 is 0. The summed E-state index contributed by atoms with van der Waals surface area (Å²) in [5.41, 5.74) is 1.91. The van der Waals surface area contributed by atoms with Crippen LogP contribution in [-0.4, -0.2) is 43.6 Å². The second-order valence-electron chi connectivity index (χ2n) is 8.48. The molecule has 2 aromatic heterocycles. The molecule has 7 heteroatoms. The molecule has 27 heavy (non-hydrogen) atoms. The van der Waals surface area contributed by atoms with E-state index < -0.39 is 5.41 Å². The summed E-state index contributed by atoms with van der Waals surface area (Å²) in [6, 6.07) is 2.20. The van der Waals surface area contributed by atoms with Gasteiger partial charge >= 0.3 is 0 Å². The lowest BCUT2D eigenvalue weighted by molar-refractivity contribution is -0.123. The topological polar surface area (TPSA) is 78.8 Å². The normalized spacial score (nSPS) is 16.6. The van der Waals surface area contributed by atoms with E-state index in [9.17, 15) is 4.79 Å². The van der Waals surface area contributed by atoms with E-state index >= 15 is 0 Å². The van der Waals surface area contributed by atoms with Crippen LogP contribution in [0.15, 0.2) is 12.3 Å². The Morgan fingerprint density at radius 3 is 2.63 bits per heavy atom. The quantitative estimate of drug-likeness (QED) is 0.844. The third kappa shape index (κ3) is 4.58. The SMILES string of the molecule is CCc1nc(CN2CCC(n3nccc3NC(=O)C(C)(C)C)CC2)c(C)[nH]1. The van der Waals surface area contributed by atoms with Crippen molar-refractivity contribution in [2.24, 2.45) is 5.41 Å². The maximum Gasteiger partial charge on any atom is 0.230 e. The molecule has 0 aliphatic carbocycles. The van der Waals surface area contributed by atoms with Gasteiger partial charge in [0.2, 0.25) is 5.91 Å². The number of aromatic nitrogens is 4. The second kappa shape index (κ2) is 7.84. The second-order valence-corrected chi connectivity index (χ2v) is 8.48. The van der Waals surface area contributed by atoms with E-state index in [0.717, 1.165) is 56.2 Å². The molecule has 2 aromatic rings. The van der Waals surface area contributed by atoms with Crippen molar-refractivity contribution in [3.8, 4) is 0 Å². The van der Waals surface area contributed by atoms with Crippen molar-refractivity contribution in [2.75, 3.05) is 18.4 Å². The number of rotatable bonds is 5. The highest BCUT2D eigenvalue weighted by Gasteiger charge is 2.26. The maximum absolute atomic E-state index is 12.3. The van der Waals surface area contributed by atoms with E-state index in [2.05, 4.69) is 34.1 Å². The number of imidazole rings is 1. The lowest BCUT2D eigenvalue weighted by Gasteiger charge is -2.32. The van der Waals surface area contributed by atoms with Gasteiger partial charge in [0.05, 0.1) is 17.9 Å². The molecule has 1 saturated heterocycles. The minimum Gasteiger partial charge on any atom is -0.346 e. The van der Waals surface area contributed by atoms with Gasteiger partial charge in [-0.05, 0) is 19.8 Å². The van der Waals surface area contributed by atoms with Crippen LogP contribution in [0.5, 0.6) is 0 Å². The zero-order valence-electron chi connectivity index (χ0n) is 17.2. The highest BCUT2D eigenvalue weighted by atomic mass is 16.2. The predicted octanol–water partition coefficient (Wildman–Crippen LogP) is 3.30. The van der Waals surface area contributed by atoms with E-state index in [1.54, 1.807) is 6.20 Å². The lowest BCUT2D eigenvalue weighted by Crippen LogP contribution is -2.35. The number of hydrogen-bond acceptors (Lipinski definition) is 4. The van der Waals surface area contributed by atoms with Gasteiger partial charge in [0.15, 0.2) is 0 Å². The van der Waals surface area contributed by atoms with Gasteiger partial charge in [-0.25, -0.2) is 9.67 Å². The number of aryl methyl sites for hydroxylation is 2. The van der Waals surface area contributed by atoms with Crippen LogP contribution in [0.4, 0.5) is 5.82 Å². The molecule has 1 fully saturated rings. The fourth-order valence-electron chi connectivity index (χ4n) is 3.43. The highest BCUT2D eigenvalue weighted by molar-refractivity contribution is 5.93. The first-order chi connectivity index (χ1) is 12.8. The van der Waals surface area contributed by atoms with Gasteiger partial charge < -0.3 is 10.3 Å². The van der Waals surface area contributed by atoms with Crippen molar-refractivity contribution >= 4 is 11.7 Å². The van der Waals surface area contributed by atoms with Crippen molar-refractivity contribution in [1.82, 2.24) is 24.6 Å². The third-order valence-corrected chi connectivity index (χ3v) is 5.24. The number of carbonyl (C=O) groups is 1. The summed E-state index contributed by atoms with van der Waals surface area (Å²) in [6.45, 7) is 12.9. The fourth-order valence-corrected chi connectivity index (χ4v) is 3.43.